The zero-order chi connectivity index (χ0) is 15.9. The van der Waals surface area contributed by atoms with Gasteiger partial charge in [0.25, 0.3) is 0 Å². The molecule has 25 heavy (non-hydrogen) atoms. The first kappa shape index (κ1) is 22.0. The Labute approximate surface area is 162 Å². The van der Waals surface area contributed by atoms with Crippen molar-refractivity contribution in [3.05, 3.63) is 24.4 Å². The van der Waals surface area contributed by atoms with E-state index in [9.17, 15) is 4.79 Å². The molecule has 6 nitrogen and oxygen atoms in total. The molecule has 0 aliphatic carbocycles. The van der Waals surface area contributed by atoms with Gasteiger partial charge in [-0.05, 0) is 44.0 Å². The third-order valence-corrected chi connectivity index (χ3v) is 4.75. The number of hydrogen-bond donors (Lipinski definition) is 2. The summed E-state index contributed by atoms with van der Waals surface area (Å²) in [5.41, 5.74) is 0. The highest BCUT2D eigenvalue weighted by molar-refractivity contribution is 5.85. The Morgan fingerprint density at radius 2 is 2.04 bits per heavy atom. The average Bonchev–Trinajstić information content (AvgIpc) is 3.10. The van der Waals surface area contributed by atoms with Crippen molar-refractivity contribution in [3.8, 4) is 0 Å². The first-order chi connectivity index (χ1) is 11.3. The van der Waals surface area contributed by atoms with Crippen LogP contribution in [0.5, 0.6) is 0 Å². The van der Waals surface area contributed by atoms with Crippen LogP contribution in [0.15, 0.2) is 24.4 Å². The lowest BCUT2D eigenvalue weighted by Gasteiger charge is -2.34. The minimum atomic E-state index is 0. The summed E-state index contributed by atoms with van der Waals surface area (Å²) in [5.74, 6) is 1.92. The highest BCUT2D eigenvalue weighted by atomic mass is 35.5. The number of carbonyl (C=O) groups excluding carboxylic acids is 1. The van der Waals surface area contributed by atoms with E-state index in [4.69, 9.17) is 0 Å². The summed E-state index contributed by atoms with van der Waals surface area (Å²) >= 11 is 0. The van der Waals surface area contributed by atoms with Gasteiger partial charge in [-0.1, -0.05) is 6.07 Å². The Morgan fingerprint density at radius 1 is 1.24 bits per heavy atom. The molecule has 1 amide bonds. The molecule has 2 aliphatic heterocycles. The monoisotopic (exact) mass is 389 g/mol. The van der Waals surface area contributed by atoms with Crippen molar-refractivity contribution >= 4 is 36.5 Å². The Hall–Kier alpha value is -1.08. The maximum absolute atomic E-state index is 12.0. The number of anilines is 1. The van der Waals surface area contributed by atoms with E-state index >= 15 is 0 Å². The minimum Gasteiger partial charge on any atom is -0.355 e. The molecule has 0 bridgehead atoms. The third kappa shape index (κ3) is 6.98. The van der Waals surface area contributed by atoms with E-state index in [2.05, 4.69) is 25.4 Å². The fourth-order valence-electron chi connectivity index (χ4n) is 3.31. The van der Waals surface area contributed by atoms with Gasteiger partial charge in [0.2, 0.25) is 5.91 Å². The molecule has 0 spiro atoms. The van der Waals surface area contributed by atoms with Crippen molar-refractivity contribution in [2.75, 3.05) is 57.3 Å². The number of hydrogen-bond acceptors (Lipinski definition) is 5. The van der Waals surface area contributed by atoms with Crippen LogP contribution < -0.4 is 15.5 Å². The van der Waals surface area contributed by atoms with Crippen molar-refractivity contribution in [3.63, 3.8) is 0 Å². The number of nitrogens with one attached hydrogen (secondary N) is 2. The van der Waals surface area contributed by atoms with Crippen LogP contribution in [0.2, 0.25) is 0 Å². The van der Waals surface area contributed by atoms with Crippen LogP contribution in [0.4, 0.5) is 5.82 Å². The van der Waals surface area contributed by atoms with E-state index in [1.54, 1.807) is 0 Å². The summed E-state index contributed by atoms with van der Waals surface area (Å²) in [6.45, 7) is 7.23. The van der Waals surface area contributed by atoms with Crippen molar-refractivity contribution in [2.45, 2.75) is 12.8 Å². The van der Waals surface area contributed by atoms with Gasteiger partial charge in [0.05, 0.1) is 6.54 Å². The van der Waals surface area contributed by atoms with Gasteiger partial charge in [-0.3, -0.25) is 9.69 Å². The van der Waals surface area contributed by atoms with Gasteiger partial charge in [0.1, 0.15) is 5.82 Å². The van der Waals surface area contributed by atoms with Gasteiger partial charge >= 0.3 is 0 Å². The molecule has 1 atom stereocenters. The molecule has 0 saturated carbocycles. The fourth-order valence-corrected chi connectivity index (χ4v) is 3.31. The molecule has 1 unspecified atom stereocenters. The van der Waals surface area contributed by atoms with Gasteiger partial charge in [-0.15, -0.1) is 24.8 Å². The van der Waals surface area contributed by atoms with E-state index in [0.29, 0.717) is 6.54 Å². The molecule has 3 rings (SSSR count). The first-order valence-electron chi connectivity index (χ1n) is 8.67. The van der Waals surface area contributed by atoms with E-state index < -0.39 is 0 Å². The molecule has 2 saturated heterocycles. The van der Waals surface area contributed by atoms with Crippen LogP contribution in [0.3, 0.4) is 0 Å². The van der Waals surface area contributed by atoms with Crippen LogP contribution in [-0.4, -0.2) is 68.1 Å². The van der Waals surface area contributed by atoms with Crippen LogP contribution in [0.1, 0.15) is 12.8 Å². The summed E-state index contributed by atoms with van der Waals surface area (Å²) in [6, 6.07) is 5.99. The van der Waals surface area contributed by atoms with E-state index in [1.165, 1.54) is 6.42 Å². The molecule has 142 valence electrons. The second-order valence-electron chi connectivity index (χ2n) is 6.45. The fraction of sp³-hybridized carbons (Fsp3) is 0.647. The predicted molar refractivity (Wildman–Crippen MR) is 106 cm³/mol. The lowest BCUT2D eigenvalue weighted by atomic mass is 10.1. The van der Waals surface area contributed by atoms with Gasteiger partial charge in [0.15, 0.2) is 0 Å². The normalized spacial score (nSPS) is 20.5. The minimum absolute atomic E-state index is 0. The second-order valence-corrected chi connectivity index (χ2v) is 6.45. The standard InChI is InChI=1S/C17H27N5O.2ClH/c23-17(20-8-5-15-4-7-18-13-15)14-21-9-11-22(12-10-21)16-3-1-2-6-19-16;;/h1-3,6,15,18H,4-5,7-14H2,(H,20,23);2*1H. The molecular formula is C17H29Cl2N5O. The number of carbonyl (C=O) groups is 1. The van der Waals surface area contributed by atoms with E-state index in [0.717, 1.165) is 64.0 Å². The quantitative estimate of drug-likeness (QED) is 0.764. The lowest BCUT2D eigenvalue weighted by molar-refractivity contribution is -0.122. The van der Waals surface area contributed by atoms with Crippen molar-refractivity contribution in [2.24, 2.45) is 5.92 Å². The van der Waals surface area contributed by atoms with Crippen LogP contribution in [0.25, 0.3) is 0 Å². The molecule has 2 aliphatic rings. The summed E-state index contributed by atoms with van der Waals surface area (Å²) in [4.78, 5) is 20.9. The topological polar surface area (TPSA) is 60.5 Å². The molecule has 8 heteroatoms. The molecule has 1 aromatic heterocycles. The smallest absolute Gasteiger partial charge is 0.234 e. The zero-order valence-corrected chi connectivity index (χ0v) is 16.2. The maximum atomic E-state index is 12.0. The van der Waals surface area contributed by atoms with Crippen molar-refractivity contribution in [1.29, 1.82) is 0 Å². The summed E-state index contributed by atoms with van der Waals surface area (Å²) in [6.07, 6.45) is 4.16. The van der Waals surface area contributed by atoms with Gasteiger partial charge in [-0.25, -0.2) is 4.98 Å². The number of rotatable bonds is 6. The van der Waals surface area contributed by atoms with Crippen LogP contribution >= 0.6 is 24.8 Å². The molecule has 0 aromatic carbocycles. The van der Waals surface area contributed by atoms with E-state index in [1.807, 2.05) is 24.4 Å². The Kier molecular flexibility index (Phi) is 10.1. The first-order valence-corrected chi connectivity index (χ1v) is 8.67. The van der Waals surface area contributed by atoms with Crippen LogP contribution in [0, 0.1) is 5.92 Å². The number of amides is 1. The number of pyridine rings is 1. The maximum Gasteiger partial charge on any atom is 0.234 e. The number of nitrogens with zero attached hydrogens (tertiary/aromatic N) is 3. The number of piperazine rings is 1. The highest BCUT2D eigenvalue weighted by Gasteiger charge is 2.20. The summed E-state index contributed by atoms with van der Waals surface area (Å²) in [5, 5.41) is 6.43. The Bertz CT molecular complexity index is 491. The van der Waals surface area contributed by atoms with E-state index in [-0.39, 0.29) is 30.7 Å². The van der Waals surface area contributed by atoms with Gasteiger partial charge in [0, 0.05) is 38.9 Å². The van der Waals surface area contributed by atoms with Gasteiger partial charge < -0.3 is 15.5 Å². The number of aromatic nitrogens is 1. The Balaban J connectivity index is 0.00000156. The van der Waals surface area contributed by atoms with Crippen molar-refractivity contribution in [1.82, 2.24) is 20.5 Å². The highest BCUT2D eigenvalue weighted by Crippen LogP contribution is 2.12. The molecule has 0 radical (unpaired) electrons. The number of halogens is 2. The summed E-state index contributed by atoms with van der Waals surface area (Å²) < 4.78 is 0. The molecular weight excluding hydrogens is 361 g/mol. The second kappa shape index (κ2) is 11.5. The lowest BCUT2D eigenvalue weighted by Crippen LogP contribution is -2.49. The molecule has 2 N–H and O–H groups in total. The third-order valence-electron chi connectivity index (χ3n) is 4.75. The van der Waals surface area contributed by atoms with Gasteiger partial charge in [-0.2, -0.15) is 0 Å². The van der Waals surface area contributed by atoms with Crippen molar-refractivity contribution < 1.29 is 4.79 Å². The summed E-state index contributed by atoms with van der Waals surface area (Å²) in [7, 11) is 0. The van der Waals surface area contributed by atoms with Crippen LogP contribution in [-0.2, 0) is 4.79 Å². The SMILES string of the molecule is Cl.Cl.O=C(CN1CCN(c2ccccn2)CC1)NCCC1CCNC1. The molecule has 3 heterocycles. The Morgan fingerprint density at radius 3 is 2.68 bits per heavy atom. The largest absolute Gasteiger partial charge is 0.355 e. The molecule has 1 aromatic rings. The average molecular weight is 390 g/mol. The molecule has 2 fully saturated rings. The predicted octanol–water partition coefficient (Wildman–Crippen LogP) is 1.16. The zero-order valence-electron chi connectivity index (χ0n) is 14.5.